The molecule has 3 amide bonds. The number of rotatable bonds is 13. The molecule has 0 unspecified atom stereocenters. The number of Topliss-reactive ketones (excluding diaryl/α,β-unsaturated/α-hetero) is 1. The van der Waals surface area contributed by atoms with Gasteiger partial charge in [0, 0.05) is 12.3 Å². The van der Waals surface area contributed by atoms with Gasteiger partial charge in [-0.15, -0.1) is 18.8 Å². The van der Waals surface area contributed by atoms with E-state index in [1.54, 1.807) is 12.1 Å². The summed E-state index contributed by atoms with van der Waals surface area (Å²) in [5.74, 6) is 0.196. The Morgan fingerprint density at radius 2 is 1.25 bits per heavy atom. The van der Waals surface area contributed by atoms with E-state index in [9.17, 15) is 14.4 Å². The van der Waals surface area contributed by atoms with Crippen molar-refractivity contribution in [3.05, 3.63) is 46.3 Å². The Bertz CT molecular complexity index is 588. The van der Waals surface area contributed by atoms with Gasteiger partial charge in [-0.3, -0.25) is 4.79 Å². The van der Waals surface area contributed by atoms with Crippen LogP contribution in [0, 0.1) is 5.92 Å². The van der Waals surface area contributed by atoms with Gasteiger partial charge in [-0.2, -0.15) is 0 Å². The number of benzene rings is 1. The fraction of sp³-hybridized carbons (Fsp3) is 0.609. The summed E-state index contributed by atoms with van der Waals surface area (Å²) in [6, 6.07) is 8.75. The maximum atomic E-state index is 11.7. The zero-order valence-electron chi connectivity index (χ0n) is 21.4. The van der Waals surface area contributed by atoms with Gasteiger partial charge in [0.25, 0.3) is 0 Å². The molecule has 0 radical (unpaired) electrons. The minimum absolute atomic E-state index is 0. The average Bonchev–Trinajstić information content (AvgIpc) is 2.72. The van der Waals surface area contributed by atoms with E-state index in [1.807, 2.05) is 45.9 Å². The Morgan fingerprint density at radius 3 is 1.78 bits per heavy atom. The van der Waals surface area contributed by atoms with Crippen LogP contribution in [0.4, 0.5) is 10.5 Å². The van der Waals surface area contributed by atoms with Gasteiger partial charge in [-0.1, -0.05) is 77.3 Å². The maximum Gasteiger partial charge on any atom is 1.00 e. The number of ketones is 1. The summed E-state index contributed by atoms with van der Waals surface area (Å²) in [5.41, 5.74) is 0.679. The second kappa shape index (κ2) is 30.3. The van der Waals surface area contributed by atoms with E-state index >= 15 is 0 Å². The number of hydrogen-bond acceptors (Lipinski definition) is 3. The first kappa shape index (κ1) is 42.1. The minimum atomic E-state index is -0.430. The zero-order valence-corrected chi connectivity index (χ0v) is 36.1. The zero-order chi connectivity index (χ0) is 21.9. The van der Waals surface area contributed by atoms with Gasteiger partial charge in [0.05, 0.1) is 5.91 Å². The van der Waals surface area contributed by atoms with Crippen molar-refractivity contribution in [2.24, 2.45) is 5.92 Å². The van der Waals surface area contributed by atoms with Crippen molar-refractivity contribution in [3.63, 3.8) is 0 Å². The molecule has 0 aliphatic carbocycles. The fourth-order valence-electron chi connectivity index (χ4n) is 2.37. The predicted octanol–water partition coefficient (Wildman–Crippen LogP) is -1.92. The predicted molar refractivity (Wildman–Crippen MR) is 120 cm³/mol. The fourth-order valence-corrected chi connectivity index (χ4v) is 2.37. The number of para-hydroxylation sites is 1. The Hall–Kier alpha value is 3.05. The summed E-state index contributed by atoms with van der Waals surface area (Å²) in [6.45, 7) is 8.63. The Kier molecular flexibility index (Phi) is 39.9. The average molecular weight is 659 g/mol. The monoisotopic (exact) mass is 657 g/mol. The van der Waals surface area contributed by atoms with Gasteiger partial charge in [0.1, 0.15) is 5.78 Å². The Labute approximate surface area is 342 Å². The van der Waals surface area contributed by atoms with Crippen molar-refractivity contribution < 1.29 is 189 Å². The molecule has 0 bridgehead atoms. The number of amides is 3. The number of hydrogen-bond donors (Lipinski definition) is 0. The summed E-state index contributed by atoms with van der Waals surface area (Å²) in [4.78, 5) is 34.7. The summed E-state index contributed by atoms with van der Waals surface area (Å²) < 4.78 is 0. The van der Waals surface area contributed by atoms with Crippen LogP contribution in [0.5, 0.6) is 0 Å². The van der Waals surface area contributed by atoms with E-state index in [-0.39, 0.29) is 192 Å². The number of urea groups is 1. The van der Waals surface area contributed by atoms with E-state index in [1.165, 1.54) is 0 Å². The molecule has 0 atom stereocenters. The van der Waals surface area contributed by atoms with Crippen molar-refractivity contribution in [2.45, 2.75) is 72.6 Å². The molecule has 1 aromatic rings. The summed E-state index contributed by atoms with van der Waals surface area (Å²) in [7, 11) is 0. The van der Waals surface area contributed by atoms with Gasteiger partial charge in [0.2, 0.25) is 0 Å². The van der Waals surface area contributed by atoms with Crippen LogP contribution in [-0.2, 0) is 9.59 Å². The molecule has 0 aromatic heterocycles. The summed E-state index contributed by atoms with van der Waals surface area (Å²) in [5, 5.41) is 11.8. The first-order valence-electron chi connectivity index (χ1n) is 10.7. The molecule has 0 spiro atoms. The molecule has 164 valence electrons. The van der Waals surface area contributed by atoms with Gasteiger partial charge in [-0.05, 0) is 25.3 Å². The van der Waals surface area contributed by atoms with E-state index in [4.69, 9.17) is 0 Å². The van der Waals surface area contributed by atoms with Crippen molar-refractivity contribution in [2.75, 3.05) is 13.1 Å². The molecule has 0 aliphatic heterocycles. The molecule has 0 heterocycles. The van der Waals surface area contributed by atoms with E-state index < -0.39 is 6.03 Å². The minimum Gasteiger partial charge on any atom is -0.670 e. The summed E-state index contributed by atoms with van der Waals surface area (Å²) >= 11 is 0. The first-order valence-corrected chi connectivity index (χ1v) is 10.7. The number of nitrogens with zero attached hydrogens (tertiary/aromatic N) is 3. The Balaban J connectivity index is -0.000000761. The Morgan fingerprint density at radius 1 is 0.750 bits per heavy atom. The van der Waals surface area contributed by atoms with Crippen LogP contribution in [0.3, 0.4) is 0 Å². The standard InChI is InChI=1S/C21H32N3O3.C2H6.3Rb/c1-17(2)19(25)13-8-10-16-23-21(27)22-15-9-4-7-14-20(26)24-18-11-5-3-6-12-18;1-2;;;/h3,5-6,11-12,17H,4,7-10,13-16H2,1-2H3,(H2-,22,23,24,26,27);1-2H3;;;/q-1;;3*+1/p-2. The van der Waals surface area contributed by atoms with Crippen LogP contribution >= 0.6 is 0 Å². The molecule has 6 nitrogen and oxygen atoms in total. The van der Waals surface area contributed by atoms with Crippen molar-refractivity contribution in [1.29, 1.82) is 0 Å². The third-order valence-electron chi connectivity index (χ3n) is 4.03. The largest absolute Gasteiger partial charge is 1.00 e. The second-order valence-electron chi connectivity index (χ2n) is 6.78. The number of carbonyl (C=O) groups excluding carboxylic acids is 3. The third kappa shape index (κ3) is 26.1. The van der Waals surface area contributed by atoms with Crippen LogP contribution in [-0.4, -0.2) is 30.8 Å². The molecule has 1 aromatic carbocycles. The van der Waals surface area contributed by atoms with Gasteiger partial charge < -0.3 is 25.5 Å². The van der Waals surface area contributed by atoms with Crippen molar-refractivity contribution >= 4 is 23.4 Å². The normalized spacial score (nSPS) is 9.03. The molecule has 0 N–H and O–H groups in total. The topological polar surface area (TPSA) is 93.5 Å². The molecule has 1 rings (SSSR count). The van der Waals surface area contributed by atoms with E-state index in [0.717, 1.165) is 32.1 Å². The molecule has 0 aliphatic rings. The molecule has 0 saturated heterocycles. The van der Waals surface area contributed by atoms with Gasteiger partial charge >= 0.3 is 175 Å². The molecular formula is C23H36N3O3Rb3. The van der Waals surface area contributed by atoms with Gasteiger partial charge in [0.15, 0.2) is 0 Å². The summed E-state index contributed by atoms with van der Waals surface area (Å²) in [6.07, 6.45) is 4.76. The molecule has 9 heteroatoms. The molecule has 32 heavy (non-hydrogen) atoms. The second-order valence-corrected chi connectivity index (χ2v) is 6.78. The van der Waals surface area contributed by atoms with Crippen LogP contribution in [0.2, 0.25) is 0 Å². The van der Waals surface area contributed by atoms with Crippen LogP contribution in [0.1, 0.15) is 72.6 Å². The SMILES string of the molecule is CC.CC(C)C(=O)CCCC[N-]C(=O)[N-]CCCCCC(=O)[N-]c1ccccc1.[Rb+].[Rb+].[Rb+]. The maximum absolute atomic E-state index is 11.7. The van der Waals surface area contributed by atoms with Gasteiger partial charge in [-0.25, -0.2) is 0 Å². The molecular weight excluding hydrogens is 623 g/mol. The van der Waals surface area contributed by atoms with E-state index in [2.05, 4.69) is 16.0 Å². The van der Waals surface area contributed by atoms with Crippen LogP contribution in [0.15, 0.2) is 30.3 Å². The molecule has 0 saturated carbocycles. The van der Waals surface area contributed by atoms with Crippen molar-refractivity contribution in [1.82, 2.24) is 0 Å². The third-order valence-corrected chi connectivity index (χ3v) is 4.03. The van der Waals surface area contributed by atoms with Crippen LogP contribution < -0.4 is 175 Å². The molecule has 0 fully saturated rings. The number of unbranched alkanes of at least 4 members (excludes halogenated alkanes) is 3. The van der Waals surface area contributed by atoms with Crippen LogP contribution in [0.25, 0.3) is 16.0 Å². The number of carbonyl (C=O) groups is 3. The van der Waals surface area contributed by atoms with Crippen molar-refractivity contribution in [3.8, 4) is 0 Å². The first-order chi connectivity index (χ1) is 14.0. The smallest absolute Gasteiger partial charge is 0.670 e. The quantitative estimate of drug-likeness (QED) is 0.232. The van der Waals surface area contributed by atoms with E-state index in [0.29, 0.717) is 31.6 Å².